The Labute approximate surface area is 161 Å². The average Bonchev–Trinajstić information content (AvgIpc) is 2.50. The number of carbonyl (C=O) groups excluding carboxylic acids is 2. The molecule has 1 rings (SSSR count). The van der Waals surface area contributed by atoms with Crippen LogP contribution in [0, 0.1) is 0 Å². The fourth-order valence-electron chi connectivity index (χ4n) is 2.57. The highest BCUT2D eigenvalue weighted by molar-refractivity contribution is 7.80. The first-order valence-electron chi connectivity index (χ1n) is 8.79. The highest BCUT2D eigenvalue weighted by Crippen LogP contribution is 2.39. The summed E-state index contributed by atoms with van der Waals surface area (Å²) in [5, 5.41) is 13.4. The number of phenolic OH excluding ortho intramolecular Hbond substituents is 1. The summed E-state index contributed by atoms with van der Waals surface area (Å²) in [6.45, 7) is 13.8. The van der Waals surface area contributed by atoms with E-state index in [0.29, 0.717) is 16.7 Å². The molecule has 1 amide bonds. The van der Waals surface area contributed by atoms with Gasteiger partial charge in [0.25, 0.3) is 5.91 Å². The van der Waals surface area contributed by atoms with Gasteiger partial charge in [0.1, 0.15) is 11.8 Å². The zero-order valence-electron chi connectivity index (χ0n) is 16.8. The van der Waals surface area contributed by atoms with Crippen molar-refractivity contribution in [2.24, 2.45) is 0 Å². The monoisotopic (exact) mass is 381 g/mol. The molecular formula is C20H31NO4S. The molecule has 0 heterocycles. The van der Waals surface area contributed by atoms with Gasteiger partial charge in [-0.2, -0.15) is 12.6 Å². The summed E-state index contributed by atoms with van der Waals surface area (Å²) in [5.41, 5.74) is 1.09. The first kappa shape index (κ1) is 22.4. The summed E-state index contributed by atoms with van der Waals surface area (Å²) in [4.78, 5) is 24.7. The Morgan fingerprint density at radius 3 is 1.92 bits per heavy atom. The summed E-state index contributed by atoms with van der Waals surface area (Å²) >= 11 is 4.13. The maximum absolute atomic E-state index is 12.8. The van der Waals surface area contributed by atoms with Crippen LogP contribution >= 0.6 is 12.6 Å². The van der Waals surface area contributed by atoms with Crippen molar-refractivity contribution in [3.8, 4) is 5.75 Å². The molecule has 0 radical (unpaired) electrons. The third-order valence-electron chi connectivity index (χ3n) is 4.05. The number of rotatable bonds is 5. The number of phenols is 1. The maximum atomic E-state index is 12.8. The van der Waals surface area contributed by atoms with Crippen molar-refractivity contribution in [3.05, 3.63) is 28.8 Å². The number of thiol groups is 1. The van der Waals surface area contributed by atoms with E-state index < -0.39 is 17.9 Å². The molecule has 0 fully saturated rings. The molecule has 26 heavy (non-hydrogen) atoms. The summed E-state index contributed by atoms with van der Waals surface area (Å²) in [6, 6.07) is 2.54. The summed E-state index contributed by atoms with van der Waals surface area (Å²) in [5.74, 6) is -0.562. The van der Waals surface area contributed by atoms with Crippen LogP contribution in [0.5, 0.6) is 5.75 Å². The number of amides is 1. The number of aromatic hydroxyl groups is 1. The van der Waals surface area contributed by atoms with Gasteiger partial charge >= 0.3 is 5.97 Å². The largest absolute Gasteiger partial charge is 0.507 e. The van der Waals surface area contributed by atoms with Crippen molar-refractivity contribution in [2.45, 2.75) is 65.3 Å². The van der Waals surface area contributed by atoms with Crippen molar-refractivity contribution >= 4 is 24.5 Å². The number of carbonyl (C=O) groups is 2. The zero-order chi connectivity index (χ0) is 20.3. The summed E-state index contributed by atoms with van der Waals surface area (Å²) in [7, 11) is 0. The predicted octanol–water partition coefficient (Wildman–Crippen LogP) is 3.58. The van der Waals surface area contributed by atoms with Crippen LogP contribution in [-0.2, 0) is 20.4 Å². The van der Waals surface area contributed by atoms with Crippen LogP contribution < -0.4 is 5.32 Å². The lowest BCUT2D eigenvalue weighted by molar-refractivity contribution is -0.144. The van der Waals surface area contributed by atoms with E-state index in [1.165, 1.54) is 0 Å². The van der Waals surface area contributed by atoms with Crippen molar-refractivity contribution < 1.29 is 19.4 Å². The summed E-state index contributed by atoms with van der Waals surface area (Å²) < 4.78 is 4.96. The van der Waals surface area contributed by atoms with E-state index in [9.17, 15) is 14.7 Å². The number of benzene rings is 1. The molecule has 5 nitrogen and oxygen atoms in total. The summed E-state index contributed by atoms with van der Waals surface area (Å²) in [6.07, 6.45) is 0. The van der Waals surface area contributed by atoms with Crippen molar-refractivity contribution in [2.75, 3.05) is 12.4 Å². The van der Waals surface area contributed by atoms with E-state index in [-0.39, 0.29) is 28.9 Å². The van der Waals surface area contributed by atoms with Crippen molar-refractivity contribution in [1.29, 1.82) is 0 Å². The average molecular weight is 382 g/mol. The van der Waals surface area contributed by atoms with Gasteiger partial charge in [0.05, 0.1) is 6.61 Å². The first-order valence-corrected chi connectivity index (χ1v) is 9.42. The molecule has 0 spiro atoms. The molecule has 146 valence electrons. The van der Waals surface area contributed by atoms with Crippen LogP contribution in [0.3, 0.4) is 0 Å². The highest BCUT2D eigenvalue weighted by atomic mass is 32.1. The Bertz CT molecular complexity index is 636. The molecule has 1 aromatic carbocycles. The Morgan fingerprint density at radius 2 is 1.58 bits per heavy atom. The molecule has 6 heteroatoms. The number of hydrogen-bond donors (Lipinski definition) is 3. The molecule has 2 N–H and O–H groups in total. The van der Waals surface area contributed by atoms with Gasteiger partial charge in [0, 0.05) is 22.4 Å². The van der Waals surface area contributed by atoms with Crippen LogP contribution in [0.15, 0.2) is 12.1 Å². The van der Waals surface area contributed by atoms with E-state index in [0.717, 1.165) is 0 Å². The van der Waals surface area contributed by atoms with Crippen molar-refractivity contribution in [1.82, 2.24) is 5.32 Å². The van der Waals surface area contributed by atoms with E-state index in [2.05, 4.69) is 17.9 Å². The lowest BCUT2D eigenvalue weighted by Gasteiger charge is -2.28. The molecule has 1 unspecified atom stereocenters. The molecular weight excluding hydrogens is 350 g/mol. The molecule has 0 saturated heterocycles. The zero-order valence-corrected chi connectivity index (χ0v) is 17.7. The number of nitrogens with one attached hydrogen (secondary N) is 1. The van der Waals surface area contributed by atoms with Gasteiger partial charge < -0.3 is 15.2 Å². The second-order valence-electron chi connectivity index (χ2n) is 8.38. The minimum atomic E-state index is -0.823. The third kappa shape index (κ3) is 5.40. The predicted molar refractivity (Wildman–Crippen MR) is 107 cm³/mol. The second kappa shape index (κ2) is 8.33. The van der Waals surface area contributed by atoms with E-state index in [4.69, 9.17) is 4.74 Å². The van der Waals surface area contributed by atoms with Crippen LogP contribution in [0.4, 0.5) is 0 Å². The van der Waals surface area contributed by atoms with E-state index in [1.54, 1.807) is 19.1 Å². The smallest absolute Gasteiger partial charge is 0.329 e. The topological polar surface area (TPSA) is 75.6 Å². The molecule has 0 bridgehead atoms. The standard InChI is InChI=1S/C20H31NO4S/c1-8-25-18(24)15(11-26)21-17(23)12-9-13(19(2,3)4)16(22)14(10-12)20(5,6)7/h9-10,15,22,26H,8,11H2,1-7H3,(H,21,23). The van der Waals surface area contributed by atoms with Crippen LogP contribution in [-0.4, -0.2) is 35.4 Å². The number of esters is 1. The normalized spacial score (nSPS) is 13.2. The SMILES string of the molecule is CCOC(=O)C(CS)NC(=O)c1cc(C(C)(C)C)c(O)c(C(C)(C)C)c1. The fraction of sp³-hybridized carbons (Fsp3) is 0.600. The molecule has 0 aliphatic rings. The van der Waals surface area contributed by atoms with Crippen LogP contribution in [0.2, 0.25) is 0 Å². The molecule has 1 aromatic rings. The number of ether oxygens (including phenoxy) is 1. The van der Waals surface area contributed by atoms with Gasteiger partial charge in [0.15, 0.2) is 0 Å². The van der Waals surface area contributed by atoms with Gasteiger partial charge in [-0.05, 0) is 29.9 Å². The highest BCUT2D eigenvalue weighted by Gasteiger charge is 2.29. The second-order valence-corrected chi connectivity index (χ2v) is 8.75. The molecule has 0 saturated carbocycles. The quantitative estimate of drug-likeness (QED) is 0.538. The van der Waals surface area contributed by atoms with Crippen molar-refractivity contribution in [3.63, 3.8) is 0 Å². The Morgan fingerprint density at radius 1 is 1.12 bits per heavy atom. The lowest BCUT2D eigenvalue weighted by Crippen LogP contribution is -2.43. The van der Waals surface area contributed by atoms with Crippen LogP contribution in [0.25, 0.3) is 0 Å². The van der Waals surface area contributed by atoms with Crippen LogP contribution in [0.1, 0.15) is 70.0 Å². The lowest BCUT2D eigenvalue weighted by atomic mass is 9.78. The third-order valence-corrected chi connectivity index (χ3v) is 4.41. The minimum Gasteiger partial charge on any atom is -0.507 e. The Kier molecular flexibility index (Phi) is 7.17. The van der Waals surface area contributed by atoms with E-state index in [1.807, 2.05) is 41.5 Å². The van der Waals surface area contributed by atoms with Gasteiger partial charge in [-0.1, -0.05) is 41.5 Å². The fourth-order valence-corrected chi connectivity index (χ4v) is 2.81. The number of hydrogen-bond acceptors (Lipinski definition) is 5. The Hall–Kier alpha value is -1.69. The maximum Gasteiger partial charge on any atom is 0.329 e. The molecule has 1 atom stereocenters. The van der Waals surface area contributed by atoms with Gasteiger partial charge in [0.2, 0.25) is 0 Å². The molecule has 0 aliphatic heterocycles. The minimum absolute atomic E-state index is 0.140. The molecule has 0 aliphatic carbocycles. The van der Waals surface area contributed by atoms with E-state index >= 15 is 0 Å². The Balaban J connectivity index is 3.35. The molecule has 0 aromatic heterocycles. The van der Waals surface area contributed by atoms with Gasteiger partial charge in [-0.25, -0.2) is 4.79 Å². The first-order chi connectivity index (χ1) is 11.8. The van der Waals surface area contributed by atoms with Gasteiger partial charge in [-0.15, -0.1) is 0 Å². The van der Waals surface area contributed by atoms with Gasteiger partial charge in [-0.3, -0.25) is 4.79 Å².